The van der Waals surface area contributed by atoms with Gasteiger partial charge in [-0.25, -0.2) is 0 Å². The van der Waals surface area contributed by atoms with Gasteiger partial charge in [0.2, 0.25) is 0 Å². The van der Waals surface area contributed by atoms with E-state index in [2.05, 4.69) is 24.2 Å². The van der Waals surface area contributed by atoms with Crippen LogP contribution < -0.4 is 5.32 Å². The molecule has 1 aromatic carbocycles. The second-order valence-electron chi connectivity index (χ2n) is 4.24. The van der Waals surface area contributed by atoms with Crippen LogP contribution in [-0.4, -0.2) is 31.6 Å². The maximum atomic E-state index is 5.98. The van der Waals surface area contributed by atoms with Crippen molar-refractivity contribution in [2.24, 2.45) is 0 Å². The van der Waals surface area contributed by atoms with Crippen molar-refractivity contribution in [3.8, 4) is 0 Å². The summed E-state index contributed by atoms with van der Waals surface area (Å²) in [5.41, 5.74) is 1.19. The molecule has 0 saturated heterocycles. The summed E-state index contributed by atoms with van der Waals surface area (Å²) < 4.78 is 0. The highest BCUT2D eigenvalue weighted by Crippen LogP contribution is 2.22. The van der Waals surface area contributed by atoms with Gasteiger partial charge < -0.3 is 10.2 Å². The topological polar surface area (TPSA) is 15.3 Å². The molecular weight excluding hydrogens is 255 g/mol. The van der Waals surface area contributed by atoms with E-state index in [0.29, 0.717) is 10.0 Å². The van der Waals surface area contributed by atoms with Crippen molar-refractivity contribution < 1.29 is 0 Å². The lowest BCUT2D eigenvalue weighted by molar-refractivity contribution is 0.324. The van der Waals surface area contributed by atoms with Gasteiger partial charge in [0.25, 0.3) is 0 Å². The molecule has 0 amide bonds. The summed E-state index contributed by atoms with van der Waals surface area (Å²) in [5.74, 6) is 0. The second-order valence-corrected chi connectivity index (χ2v) is 5.05. The minimum Gasteiger partial charge on any atom is -0.315 e. The Hall–Kier alpha value is -0.280. The van der Waals surface area contributed by atoms with Crippen molar-refractivity contribution in [2.45, 2.75) is 19.9 Å². The Balaban J connectivity index is 2.34. The summed E-state index contributed by atoms with van der Waals surface area (Å²) >= 11 is 11.9. The fourth-order valence-electron chi connectivity index (χ4n) is 1.60. The number of halogens is 2. The van der Waals surface area contributed by atoms with Crippen molar-refractivity contribution >= 4 is 23.2 Å². The number of nitrogens with zero attached hydrogens (tertiary/aromatic N) is 1. The third-order valence-electron chi connectivity index (χ3n) is 2.53. The Labute approximate surface area is 114 Å². The van der Waals surface area contributed by atoms with E-state index in [1.807, 2.05) is 18.2 Å². The maximum Gasteiger partial charge on any atom is 0.0595 e. The van der Waals surface area contributed by atoms with E-state index in [4.69, 9.17) is 23.2 Å². The molecule has 2 nitrogen and oxygen atoms in total. The van der Waals surface area contributed by atoms with E-state index >= 15 is 0 Å². The Morgan fingerprint density at radius 1 is 1.18 bits per heavy atom. The first-order valence-corrected chi connectivity index (χ1v) is 6.72. The molecule has 0 unspecified atom stereocenters. The second kappa shape index (κ2) is 7.93. The smallest absolute Gasteiger partial charge is 0.0595 e. The van der Waals surface area contributed by atoms with Crippen LogP contribution in [0.1, 0.15) is 18.9 Å². The zero-order chi connectivity index (χ0) is 12.7. The fraction of sp³-hybridized carbons (Fsp3) is 0.538. The van der Waals surface area contributed by atoms with E-state index in [9.17, 15) is 0 Å². The Kier molecular flexibility index (Phi) is 6.90. The molecule has 0 aliphatic carbocycles. The van der Waals surface area contributed by atoms with Crippen molar-refractivity contribution in [1.82, 2.24) is 10.2 Å². The Bertz CT molecular complexity index is 342. The molecule has 0 aromatic heterocycles. The molecular formula is C13H20Cl2N2. The van der Waals surface area contributed by atoms with Crippen LogP contribution in [-0.2, 0) is 6.54 Å². The van der Waals surface area contributed by atoms with Gasteiger partial charge in [-0.1, -0.05) is 36.2 Å². The average Bonchev–Trinajstić information content (AvgIpc) is 2.30. The number of benzene rings is 1. The Morgan fingerprint density at radius 2 is 1.94 bits per heavy atom. The number of rotatable bonds is 7. The largest absolute Gasteiger partial charge is 0.315 e. The molecule has 0 bridgehead atoms. The molecule has 0 saturated carbocycles. The number of likely N-dealkylation sites (N-methyl/N-ethyl adjacent to an activating group) is 1. The van der Waals surface area contributed by atoms with Gasteiger partial charge >= 0.3 is 0 Å². The van der Waals surface area contributed by atoms with Crippen molar-refractivity contribution in [3.63, 3.8) is 0 Å². The molecule has 17 heavy (non-hydrogen) atoms. The molecule has 4 heteroatoms. The summed E-state index contributed by atoms with van der Waals surface area (Å²) in [5, 5.41) is 4.62. The predicted molar refractivity (Wildman–Crippen MR) is 76.0 cm³/mol. The SMILES string of the molecule is CCCNCCN(C)Cc1ccc(Cl)c(Cl)c1. The first-order chi connectivity index (χ1) is 8.13. The molecule has 0 fully saturated rings. The van der Waals surface area contributed by atoms with Crippen LogP contribution >= 0.6 is 23.2 Å². The van der Waals surface area contributed by atoms with Crippen LogP contribution in [0.3, 0.4) is 0 Å². The third kappa shape index (κ3) is 5.73. The average molecular weight is 275 g/mol. The van der Waals surface area contributed by atoms with Crippen LogP contribution in [0.5, 0.6) is 0 Å². The van der Waals surface area contributed by atoms with Gasteiger partial charge in [0.15, 0.2) is 0 Å². The summed E-state index contributed by atoms with van der Waals surface area (Å²) in [6, 6.07) is 5.80. The summed E-state index contributed by atoms with van der Waals surface area (Å²) in [6.07, 6.45) is 1.18. The van der Waals surface area contributed by atoms with E-state index in [0.717, 1.165) is 26.2 Å². The normalized spacial score (nSPS) is 11.1. The highest BCUT2D eigenvalue weighted by molar-refractivity contribution is 6.42. The van der Waals surface area contributed by atoms with Gasteiger partial charge in [0, 0.05) is 19.6 Å². The van der Waals surface area contributed by atoms with Gasteiger partial charge in [-0.3, -0.25) is 0 Å². The maximum absolute atomic E-state index is 5.98. The quantitative estimate of drug-likeness (QED) is 0.767. The van der Waals surface area contributed by atoms with Gasteiger partial charge in [0.1, 0.15) is 0 Å². The highest BCUT2D eigenvalue weighted by Gasteiger charge is 2.03. The van der Waals surface area contributed by atoms with Gasteiger partial charge in [-0.05, 0) is 37.7 Å². The lowest BCUT2D eigenvalue weighted by Crippen LogP contribution is -2.29. The molecule has 0 spiro atoms. The summed E-state index contributed by atoms with van der Waals surface area (Å²) in [4.78, 5) is 2.27. The lowest BCUT2D eigenvalue weighted by atomic mass is 10.2. The molecule has 0 aliphatic heterocycles. The third-order valence-corrected chi connectivity index (χ3v) is 3.27. The monoisotopic (exact) mass is 274 g/mol. The predicted octanol–water partition coefficient (Wildman–Crippen LogP) is 3.42. The number of nitrogens with one attached hydrogen (secondary N) is 1. The van der Waals surface area contributed by atoms with Gasteiger partial charge in [0.05, 0.1) is 10.0 Å². The number of hydrogen-bond donors (Lipinski definition) is 1. The minimum atomic E-state index is 0.614. The molecule has 1 rings (SSSR count). The van der Waals surface area contributed by atoms with E-state index in [1.54, 1.807) is 0 Å². The van der Waals surface area contributed by atoms with Crippen molar-refractivity contribution in [1.29, 1.82) is 0 Å². The summed E-state index contributed by atoms with van der Waals surface area (Å²) in [7, 11) is 2.11. The fourth-order valence-corrected chi connectivity index (χ4v) is 1.92. The zero-order valence-corrected chi connectivity index (χ0v) is 12.0. The summed E-state index contributed by atoms with van der Waals surface area (Å²) in [6.45, 7) is 6.20. The van der Waals surface area contributed by atoms with Crippen LogP contribution in [0.15, 0.2) is 18.2 Å². The van der Waals surface area contributed by atoms with Crippen molar-refractivity contribution in [2.75, 3.05) is 26.7 Å². The van der Waals surface area contributed by atoms with E-state index in [1.165, 1.54) is 12.0 Å². The molecule has 0 heterocycles. The molecule has 0 atom stereocenters. The van der Waals surface area contributed by atoms with Crippen LogP contribution in [0.25, 0.3) is 0 Å². The molecule has 0 aliphatic rings. The van der Waals surface area contributed by atoms with Crippen molar-refractivity contribution in [3.05, 3.63) is 33.8 Å². The number of hydrogen-bond acceptors (Lipinski definition) is 2. The molecule has 0 radical (unpaired) electrons. The first-order valence-electron chi connectivity index (χ1n) is 5.96. The van der Waals surface area contributed by atoms with Gasteiger partial charge in [-0.2, -0.15) is 0 Å². The van der Waals surface area contributed by atoms with Gasteiger partial charge in [-0.15, -0.1) is 0 Å². The van der Waals surface area contributed by atoms with Crippen LogP contribution in [0.2, 0.25) is 10.0 Å². The van der Waals surface area contributed by atoms with E-state index < -0.39 is 0 Å². The molecule has 96 valence electrons. The van der Waals surface area contributed by atoms with E-state index in [-0.39, 0.29) is 0 Å². The molecule has 1 aromatic rings. The van der Waals surface area contributed by atoms with Crippen LogP contribution in [0.4, 0.5) is 0 Å². The minimum absolute atomic E-state index is 0.614. The molecule has 1 N–H and O–H groups in total. The zero-order valence-electron chi connectivity index (χ0n) is 10.5. The lowest BCUT2D eigenvalue weighted by Gasteiger charge is -2.17. The first kappa shape index (κ1) is 14.8. The Morgan fingerprint density at radius 3 is 2.59 bits per heavy atom. The highest BCUT2D eigenvalue weighted by atomic mass is 35.5. The standard InChI is InChI=1S/C13H20Cl2N2/c1-3-6-16-7-8-17(2)10-11-4-5-12(14)13(15)9-11/h4-5,9,16H,3,6-8,10H2,1-2H3. The van der Waals surface area contributed by atoms with Crippen LogP contribution in [0, 0.1) is 0 Å².